The topological polar surface area (TPSA) is 162 Å². The fourth-order valence-electron chi connectivity index (χ4n) is 3.23. The van der Waals surface area contributed by atoms with Crippen LogP contribution in [-0.4, -0.2) is 48.2 Å². The van der Waals surface area contributed by atoms with Crippen molar-refractivity contribution in [3.8, 4) is 5.75 Å². The van der Waals surface area contributed by atoms with Gasteiger partial charge in [-0.3, -0.25) is 25.0 Å². The van der Waals surface area contributed by atoms with Gasteiger partial charge in [-0.15, -0.1) is 0 Å². The molecule has 0 aromatic heterocycles. The first-order valence-corrected chi connectivity index (χ1v) is 11.0. The van der Waals surface area contributed by atoms with Gasteiger partial charge in [0.05, 0.1) is 14.7 Å². The third-order valence-electron chi connectivity index (χ3n) is 4.81. The predicted octanol–water partition coefficient (Wildman–Crippen LogP) is 2.61. The van der Waals surface area contributed by atoms with Crippen molar-refractivity contribution in [2.45, 2.75) is 24.7 Å². The maximum atomic E-state index is 12.6. The van der Waals surface area contributed by atoms with Crippen molar-refractivity contribution in [2.24, 2.45) is 0 Å². The number of hydrogen-bond donors (Lipinski definition) is 1. The summed E-state index contributed by atoms with van der Waals surface area (Å²) in [4.78, 5) is 33.1. The van der Waals surface area contributed by atoms with Crippen LogP contribution in [0.2, 0.25) is 0 Å². The Labute approximate surface area is 183 Å². The van der Waals surface area contributed by atoms with E-state index >= 15 is 0 Å². The van der Waals surface area contributed by atoms with E-state index in [1.807, 2.05) is 0 Å². The second-order valence-corrected chi connectivity index (χ2v) is 9.05. The molecular formula is C19H20N4O8S. The lowest BCUT2D eigenvalue weighted by Gasteiger charge is -2.16. The number of carbonyl (C=O) groups excluding carboxylic acids is 1. The molecule has 0 spiro atoms. The highest BCUT2D eigenvalue weighted by molar-refractivity contribution is 7.89. The minimum absolute atomic E-state index is 0.0456. The third-order valence-corrected chi connectivity index (χ3v) is 6.71. The largest absolute Gasteiger partial charge is 0.477 e. The van der Waals surface area contributed by atoms with Gasteiger partial charge in [-0.25, -0.2) is 8.42 Å². The van der Waals surface area contributed by atoms with E-state index in [2.05, 4.69) is 5.32 Å². The van der Waals surface area contributed by atoms with Gasteiger partial charge in [-0.1, -0.05) is 6.07 Å². The zero-order valence-corrected chi connectivity index (χ0v) is 17.8. The van der Waals surface area contributed by atoms with Crippen LogP contribution in [0.4, 0.5) is 17.1 Å². The number of amides is 1. The Bertz CT molecular complexity index is 1180. The number of ether oxygens (including phenoxy) is 1. The predicted molar refractivity (Wildman–Crippen MR) is 113 cm³/mol. The van der Waals surface area contributed by atoms with Crippen molar-refractivity contribution in [2.75, 3.05) is 25.0 Å². The Morgan fingerprint density at radius 2 is 1.72 bits per heavy atom. The van der Waals surface area contributed by atoms with Gasteiger partial charge in [0.15, 0.2) is 12.4 Å². The highest BCUT2D eigenvalue weighted by Gasteiger charge is 2.30. The molecule has 1 heterocycles. The Morgan fingerprint density at radius 1 is 1.06 bits per heavy atom. The van der Waals surface area contributed by atoms with E-state index in [-0.39, 0.29) is 22.0 Å². The molecule has 3 rings (SSSR count). The molecule has 1 fully saturated rings. The number of benzene rings is 2. The number of nitro benzene ring substituents is 2. The number of rotatable bonds is 8. The number of nitrogens with zero attached hydrogens (tertiary/aromatic N) is 3. The van der Waals surface area contributed by atoms with Crippen LogP contribution in [0, 0.1) is 27.2 Å². The molecule has 1 aliphatic rings. The normalized spacial score (nSPS) is 14.2. The maximum absolute atomic E-state index is 12.6. The summed E-state index contributed by atoms with van der Waals surface area (Å²) in [5, 5.41) is 24.9. The average molecular weight is 464 g/mol. The summed E-state index contributed by atoms with van der Waals surface area (Å²) in [5.41, 5.74) is -0.332. The van der Waals surface area contributed by atoms with Crippen LogP contribution >= 0.6 is 0 Å². The van der Waals surface area contributed by atoms with E-state index in [9.17, 15) is 33.4 Å². The lowest BCUT2D eigenvalue weighted by Crippen LogP contribution is -2.28. The first-order valence-electron chi connectivity index (χ1n) is 9.56. The van der Waals surface area contributed by atoms with Crippen molar-refractivity contribution < 1.29 is 27.8 Å². The number of anilines is 1. The van der Waals surface area contributed by atoms with Gasteiger partial charge >= 0.3 is 5.69 Å². The van der Waals surface area contributed by atoms with Crippen LogP contribution in [0.25, 0.3) is 0 Å². The van der Waals surface area contributed by atoms with Crippen molar-refractivity contribution in [3.05, 3.63) is 62.2 Å². The SMILES string of the molecule is Cc1ccc(NC(=O)COc2ccc(S(=O)(=O)N3CCCC3)cc2[N+](=O)[O-])c([N+](=O)[O-])c1. The molecule has 0 aliphatic carbocycles. The molecule has 12 nitrogen and oxygen atoms in total. The molecule has 0 atom stereocenters. The molecule has 0 radical (unpaired) electrons. The Morgan fingerprint density at radius 3 is 2.34 bits per heavy atom. The zero-order chi connectivity index (χ0) is 23.5. The van der Waals surface area contributed by atoms with E-state index in [4.69, 9.17) is 4.74 Å². The van der Waals surface area contributed by atoms with E-state index in [0.717, 1.165) is 25.0 Å². The monoisotopic (exact) mass is 464 g/mol. The molecule has 2 aromatic carbocycles. The third kappa shape index (κ3) is 5.00. The van der Waals surface area contributed by atoms with E-state index in [1.54, 1.807) is 13.0 Å². The van der Waals surface area contributed by atoms with Crippen molar-refractivity contribution in [1.82, 2.24) is 4.31 Å². The first-order chi connectivity index (χ1) is 15.1. The van der Waals surface area contributed by atoms with E-state index < -0.39 is 38.1 Å². The zero-order valence-electron chi connectivity index (χ0n) is 17.0. The molecule has 0 unspecified atom stereocenters. The number of sulfonamides is 1. The quantitative estimate of drug-likeness (QED) is 0.460. The number of hydrogen-bond acceptors (Lipinski definition) is 8. The molecule has 1 saturated heterocycles. The number of nitrogens with one attached hydrogen (secondary N) is 1. The van der Waals surface area contributed by atoms with Crippen LogP contribution in [-0.2, 0) is 14.8 Å². The molecule has 2 aromatic rings. The van der Waals surface area contributed by atoms with E-state index in [0.29, 0.717) is 18.7 Å². The molecular weight excluding hydrogens is 444 g/mol. The Kier molecular flexibility index (Phi) is 6.69. The summed E-state index contributed by atoms with van der Waals surface area (Å²) in [7, 11) is -3.87. The highest BCUT2D eigenvalue weighted by atomic mass is 32.2. The molecule has 0 bridgehead atoms. The second kappa shape index (κ2) is 9.28. The van der Waals surface area contributed by atoms with Crippen molar-refractivity contribution >= 4 is 33.0 Å². The van der Waals surface area contributed by atoms with Crippen LogP contribution in [0.1, 0.15) is 18.4 Å². The molecule has 1 amide bonds. The van der Waals surface area contributed by atoms with Crippen molar-refractivity contribution in [3.63, 3.8) is 0 Å². The van der Waals surface area contributed by atoms with Gasteiger partial charge < -0.3 is 10.1 Å². The van der Waals surface area contributed by atoms with Gasteiger partial charge in [0, 0.05) is 25.2 Å². The minimum atomic E-state index is -3.87. The van der Waals surface area contributed by atoms with Crippen LogP contribution < -0.4 is 10.1 Å². The number of aryl methyl sites for hydroxylation is 1. The smallest absolute Gasteiger partial charge is 0.312 e. The minimum Gasteiger partial charge on any atom is -0.477 e. The molecule has 170 valence electrons. The first kappa shape index (κ1) is 23.1. The van der Waals surface area contributed by atoms with Gasteiger partial charge in [0.25, 0.3) is 11.6 Å². The van der Waals surface area contributed by atoms with Crippen LogP contribution in [0.3, 0.4) is 0 Å². The standard InChI is InChI=1S/C19H20N4O8S/c1-13-4-6-15(16(10-13)22(25)26)20-19(24)12-31-18-7-5-14(11-17(18)23(27)28)32(29,30)21-8-2-3-9-21/h4-7,10-11H,2-3,8-9,12H2,1H3,(H,20,24). The number of nitro groups is 2. The fraction of sp³-hybridized carbons (Fsp3) is 0.316. The van der Waals surface area contributed by atoms with Gasteiger partial charge in [0.1, 0.15) is 5.69 Å². The summed E-state index contributed by atoms with van der Waals surface area (Å²) in [5.74, 6) is -1.08. The Hall–Kier alpha value is -3.58. The number of carbonyl (C=O) groups is 1. The highest BCUT2D eigenvalue weighted by Crippen LogP contribution is 2.32. The van der Waals surface area contributed by atoms with Gasteiger partial charge in [0.2, 0.25) is 10.0 Å². The van der Waals surface area contributed by atoms with Gasteiger partial charge in [-0.2, -0.15) is 4.31 Å². The summed E-state index contributed by atoms with van der Waals surface area (Å²) in [6.07, 6.45) is 1.44. The molecule has 13 heteroatoms. The summed E-state index contributed by atoms with van der Waals surface area (Å²) in [6, 6.07) is 7.42. The molecule has 32 heavy (non-hydrogen) atoms. The average Bonchev–Trinajstić information content (AvgIpc) is 3.29. The molecule has 1 aliphatic heterocycles. The van der Waals surface area contributed by atoms with E-state index in [1.165, 1.54) is 22.5 Å². The summed E-state index contributed by atoms with van der Waals surface area (Å²) < 4.78 is 31.8. The second-order valence-electron chi connectivity index (χ2n) is 7.11. The van der Waals surface area contributed by atoms with Gasteiger partial charge in [-0.05, 0) is 43.5 Å². The van der Waals surface area contributed by atoms with Crippen LogP contribution in [0.15, 0.2) is 41.3 Å². The van der Waals surface area contributed by atoms with Crippen molar-refractivity contribution in [1.29, 1.82) is 0 Å². The lowest BCUT2D eigenvalue weighted by atomic mass is 10.2. The molecule has 0 saturated carbocycles. The summed E-state index contributed by atoms with van der Waals surface area (Å²) >= 11 is 0. The lowest BCUT2D eigenvalue weighted by molar-refractivity contribution is -0.386. The molecule has 1 N–H and O–H groups in total. The fourth-order valence-corrected chi connectivity index (χ4v) is 4.77. The Balaban J connectivity index is 1.76. The maximum Gasteiger partial charge on any atom is 0.312 e. The summed E-state index contributed by atoms with van der Waals surface area (Å²) in [6.45, 7) is 1.68. The van der Waals surface area contributed by atoms with Crippen LogP contribution in [0.5, 0.6) is 5.75 Å².